The van der Waals surface area contributed by atoms with E-state index in [9.17, 15) is 5.11 Å². The first kappa shape index (κ1) is 8.56. The molecule has 0 saturated carbocycles. The van der Waals surface area contributed by atoms with Crippen LogP contribution in [-0.2, 0) is 0 Å². The Bertz CT molecular complexity index is 415. The van der Waals surface area contributed by atoms with Crippen LogP contribution in [0.3, 0.4) is 0 Å². The SMILES string of the molecule is Oc1ccccc1Oc1ccccn1. The first-order valence-corrected chi connectivity index (χ1v) is 4.23. The Morgan fingerprint density at radius 1 is 1.00 bits per heavy atom. The molecule has 0 aliphatic rings. The maximum atomic E-state index is 9.42. The number of ether oxygens (including phenoxy) is 1. The minimum atomic E-state index is 0.109. The number of hydrogen-bond donors (Lipinski definition) is 1. The Morgan fingerprint density at radius 3 is 2.50 bits per heavy atom. The van der Waals surface area contributed by atoms with Gasteiger partial charge in [0.2, 0.25) is 5.88 Å². The van der Waals surface area contributed by atoms with Gasteiger partial charge in [-0.2, -0.15) is 0 Å². The normalized spacial score (nSPS) is 9.71. The molecule has 0 aliphatic heterocycles. The first-order chi connectivity index (χ1) is 6.86. The summed E-state index contributed by atoms with van der Waals surface area (Å²) in [5.41, 5.74) is 0. The second-order valence-electron chi connectivity index (χ2n) is 2.74. The minimum absolute atomic E-state index is 0.109. The fraction of sp³-hybridized carbons (Fsp3) is 0. The lowest BCUT2D eigenvalue weighted by atomic mass is 10.3. The second-order valence-corrected chi connectivity index (χ2v) is 2.74. The molecule has 2 rings (SSSR count). The monoisotopic (exact) mass is 187 g/mol. The van der Waals surface area contributed by atoms with Crippen molar-refractivity contribution in [3.05, 3.63) is 48.7 Å². The van der Waals surface area contributed by atoms with Gasteiger partial charge in [0, 0.05) is 12.3 Å². The maximum absolute atomic E-state index is 9.42. The van der Waals surface area contributed by atoms with Gasteiger partial charge >= 0.3 is 0 Å². The molecule has 0 amide bonds. The van der Waals surface area contributed by atoms with E-state index in [0.717, 1.165) is 0 Å². The summed E-state index contributed by atoms with van der Waals surface area (Å²) in [6.07, 6.45) is 1.63. The molecule has 3 nitrogen and oxygen atoms in total. The molecule has 0 unspecified atom stereocenters. The number of phenols is 1. The number of aromatic hydroxyl groups is 1. The highest BCUT2D eigenvalue weighted by atomic mass is 16.5. The van der Waals surface area contributed by atoms with Gasteiger partial charge in [0.15, 0.2) is 11.5 Å². The Morgan fingerprint density at radius 2 is 1.79 bits per heavy atom. The molecule has 0 radical (unpaired) electrons. The third-order valence-corrected chi connectivity index (χ3v) is 1.72. The van der Waals surface area contributed by atoms with Crippen LogP contribution in [0.4, 0.5) is 0 Å². The van der Waals surface area contributed by atoms with Gasteiger partial charge in [-0.1, -0.05) is 18.2 Å². The zero-order chi connectivity index (χ0) is 9.80. The average molecular weight is 187 g/mol. The molecule has 3 heteroatoms. The van der Waals surface area contributed by atoms with Crippen molar-refractivity contribution in [3.8, 4) is 17.4 Å². The molecule has 0 atom stereocenters. The molecular weight excluding hydrogens is 178 g/mol. The van der Waals surface area contributed by atoms with Crippen LogP contribution >= 0.6 is 0 Å². The van der Waals surface area contributed by atoms with Crippen molar-refractivity contribution in [2.75, 3.05) is 0 Å². The van der Waals surface area contributed by atoms with Gasteiger partial charge in [0.05, 0.1) is 0 Å². The molecule has 0 saturated heterocycles. The highest BCUT2D eigenvalue weighted by molar-refractivity contribution is 5.40. The minimum Gasteiger partial charge on any atom is -0.504 e. The smallest absolute Gasteiger partial charge is 0.219 e. The molecule has 1 aromatic carbocycles. The van der Waals surface area contributed by atoms with E-state index in [1.165, 1.54) is 0 Å². The Hall–Kier alpha value is -2.03. The maximum Gasteiger partial charge on any atom is 0.219 e. The number of phenolic OH excluding ortho intramolecular Hbond substituents is 1. The van der Waals surface area contributed by atoms with E-state index in [1.807, 2.05) is 6.07 Å². The summed E-state index contributed by atoms with van der Waals surface area (Å²) in [7, 11) is 0. The molecular formula is C11H9NO2. The van der Waals surface area contributed by atoms with Crippen molar-refractivity contribution in [3.63, 3.8) is 0 Å². The molecule has 14 heavy (non-hydrogen) atoms. The van der Waals surface area contributed by atoms with Gasteiger partial charge in [-0.3, -0.25) is 0 Å². The summed E-state index contributed by atoms with van der Waals surface area (Å²) in [5.74, 6) is 0.985. The Kier molecular flexibility index (Phi) is 2.32. The van der Waals surface area contributed by atoms with Crippen LogP contribution in [-0.4, -0.2) is 10.1 Å². The van der Waals surface area contributed by atoms with Gasteiger partial charge in [-0.05, 0) is 18.2 Å². The van der Waals surface area contributed by atoms with Crippen LogP contribution in [0.25, 0.3) is 0 Å². The molecule has 1 aromatic heterocycles. The van der Waals surface area contributed by atoms with Crippen molar-refractivity contribution >= 4 is 0 Å². The molecule has 1 N–H and O–H groups in total. The zero-order valence-electron chi connectivity index (χ0n) is 7.42. The largest absolute Gasteiger partial charge is 0.504 e. The first-order valence-electron chi connectivity index (χ1n) is 4.23. The lowest BCUT2D eigenvalue weighted by Gasteiger charge is -2.04. The summed E-state index contributed by atoms with van der Waals surface area (Å²) < 4.78 is 5.35. The van der Waals surface area contributed by atoms with E-state index in [2.05, 4.69) is 4.98 Å². The van der Waals surface area contributed by atoms with Crippen LogP contribution in [0.15, 0.2) is 48.7 Å². The molecule has 0 aliphatic carbocycles. The summed E-state index contributed by atoms with van der Waals surface area (Å²) in [6.45, 7) is 0. The standard InChI is InChI=1S/C11H9NO2/c13-9-5-1-2-6-10(9)14-11-7-3-4-8-12-11/h1-8,13H. The molecule has 70 valence electrons. The van der Waals surface area contributed by atoms with Crippen molar-refractivity contribution in [2.24, 2.45) is 0 Å². The van der Waals surface area contributed by atoms with Crippen LogP contribution in [0, 0.1) is 0 Å². The van der Waals surface area contributed by atoms with Gasteiger partial charge in [-0.25, -0.2) is 4.98 Å². The predicted octanol–water partition coefficient (Wildman–Crippen LogP) is 2.58. The lowest BCUT2D eigenvalue weighted by Crippen LogP contribution is -1.86. The van der Waals surface area contributed by atoms with Crippen molar-refractivity contribution in [2.45, 2.75) is 0 Å². The van der Waals surface area contributed by atoms with Crippen molar-refractivity contribution in [1.29, 1.82) is 0 Å². The van der Waals surface area contributed by atoms with E-state index in [1.54, 1.807) is 42.6 Å². The number of para-hydroxylation sites is 2. The van der Waals surface area contributed by atoms with Crippen LogP contribution in [0.1, 0.15) is 0 Å². The van der Waals surface area contributed by atoms with Gasteiger partial charge in [-0.15, -0.1) is 0 Å². The third-order valence-electron chi connectivity index (χ3n) is 1.72. The summed E-state index contributed by atoms with van der Waals surface area (Å²) in [6, 6.07) is 12.1. The number of aromatic nitrogens is 1. The van der Waals surface area contributed by atoms with E-state index in [4.69, 9.17) is 4.74 Å². The van der Waals surface area contributed by atoms with Crippen LogP contribution < -0.4 is 4.74 Å². The molecule has 2 aromatic rings. The highest BCUT2D eigenvalue weighted by Crippen LogP contribution is 2.28. The number of pyridine rings is 1. The van der Waals surface area contributed by atoms with E-state index in [0.29, 0.717) is 11.6 Å². The highest BCUT2D eigenvalue weighted by Gasteiger charge is 2.01. The Labute approximate surface area is 81.6 Å². The number of nitrogens with zero attached hydrogens (tertiary/aromatic N) is 1. The number of benzene rings is 1. The molecule has 0 fully saturated rings. The second kappa shape index (κ2) is 3.79. The summed E-state index contributed by atoms with van der Waals surface area (Å²) >= 11 is 0. The van der Waals surface area contributed by atoms with Crippen LogP contribution in [0.5, 0.6) is 17.4 Å². The van der Waals surface area contributed by atoms with Crippen LogP contribution in [0.2, 0.25) is 0 Å². The van der Waals surface area contributed by atoms with Gasteiger partial charge in [0.1, 0.15) is 0 Å². The third kappa shape index (κ3) is 1.82. The van der Waals surface area contributed by atoms with E-state index < -0.39 is 0 Å². The quantitative estimate of drug-likeness (QED) is 0.785. The van der Waals surface area contributed by atoms with E-state index >= 15 is 0 Å². The molecule has 0 bridgehead atoms. The zero-order valence-corrected chi connectivity index (χ0v) is 7.42. The summed E-state index contributed by atoms with van der Waals surface area (Å²) in [5, 5.41) is 9.42. The van der Waals surface area contributed by atoms with E-state index in [-0.39, 0.29) is 5.75 Å². The summed E-state index contributed by atoms with van der Waals surface area (Å²) in [4.78, 5) is 3.98. The number of rotatable bonds is 2. The average Bonchev–Trinajstić information content (AvgIpc) is 2.23. The van der Waals surface area contributed by atoms with Gasteiger partial charge in [0.25, 0.3) is 0 Å². The van der Waals surface area contributed by atoms with Crippen molar-refractivity contribution < 1.29 is 9.84 Å². The molecule has 0 spiro atoms. The van der Waals surface area contributed by atoms with Gasteiger partial charge < -0.3 is 9.84 Å². The lowest BCUT2D eigenvalue weighted by molar-refractivity contribution is 0.403. The predicted molar refractivity (Wildman–Crippen MR) is 52.4 cm³/mol. The Balaban J connectivity index is 2.24. The topological polar surface area (TPSA) is 42.4 Å². The van der Waals surface area contributed by atoms with Crippen molar-refractivity contribution in [1.82, 2.24) is 4.98 Å². The number of hydrogen-bond acceptors (Lipinski definition) is 3. The fourth-order valence-corrected chi connectivity index (χ4v) is 1.06. The molecule has 1 heterocycles. The fourth-order valence-electron chi connectivity index (χ4n) is 1.06.